The standard InChI is InChI=1S/2C6H3Cl3O3S.2Na.3H2O/c2*7-3-1-2-4(13(10,11)12)6(9)5(3)8;;;;;/h2*1-2H,(H,10,11,12);;;3*1H2/q;;2*+1;;;/p-2. The van der Waals surface area contributed by atoms with E-state index < -0.39 is 30.0 Å². The molecule has 0 saturated carbocycles. The third-order valence-electron chi connectivity index (χ3n) is 2.54. The molecule has 0 aromatic heterocycles. The molecule has 0 bridgehead atoms. The third kappa shape index (κ3) is 12.4. The molecule has 0 amide bonds. The average Bonchev–Trinajstić information content (AvgIpc) is 2.48. The van der Waals surface area contributed by atoms with Crippen LogP contribution in [0.5, 0.6) is 0 Å². The van der Waals surface area contributed by atoms with E-state index in [1.54, 1.807) is 0 Å². The Bertz CT molecular complexity index is 983. The minimum atomic E-state index is -4.60. The first-order valence-electron chi connectivity index (χ1n) is 5.86. The maximum Gasteiger partial charge on any atom is 1.00 e. The quantitative estimate of drug-likeness (QED) is 0.190. The fourth-order valence-corrected chi connectivity index (χ4v) is 4.26. The van der Waals surface area contributed by atoms with Crippen LogP contribution in [0.15, 0.2) is 34.1 Å². The molecule has 0 heterocycles. The Morgan fingerprint density at radius 2 is 0.742 bits per heavy atom. The molecule has 168 valence electrons. The van der Waals surface area contributed by atoms with Crippen molar-refractivity contribution < 1.29 is 101 Å². The normalized spacial score (nSPS) is 9.81. The van der Waals surface area contributed by atoms with Crippen molar-refractivity contribution in [1.29, 1.82) is 0 Å². The summed E-state index contributed by atoms with van der Waals surface area (Å²) >= 11 is 33.1. The molecule has 0 spiro atoms. The van der Waals surface area contributed by atoms with Crippen LogP contribution in [0.3, 0.4) is 0 Å². The van der Waals surface area contributed by atoms with Crippen LogP contribution in [0, 0.1) is 0 Å². The van der Waals surface area contributed by atoms with Gasteiger partial charge in [0.05, 0.1) is 39.9 Å². The van der Waals surface area contributed by atoms with E-state index in [0.29, 0.717) is 0 Å². The van der Waals surface area contributed by atoms with Gasteiger partial charge in [0.25, 0.3) is 0 Å². The van der Waals surface area contributed by atoms with Gasteiger partial charge in [0.1, 0.15) is 20.2 Å². The Hall–Kier alpha value is 1.88. The van der Waals surface area contributed by atoms with E-state index in [9.17, 15) is 25.9 Å². The second kappa shape index (κ2) is 17.3. The van der Waals surface area contributed by atoms with Gasteiger partial charge in [-0.1, -0.05) is 69.6 Å². The van der Waals surface area contributed by atoms with Gasteiger partial charge >= 0.3 is 59.1 Å². The molecule has 31 heavy (non-hydrogen) atoms. The molecule has 0 fully saturated rings. The largest absolute Gasteiger partial charge is 1.00 e. The number of hydrogen-bond donors (Lipinski definition) is 0. The Morgan fingerprint density at radius 1 is 0.516 bits per heavy atom. The Balaban J connectivity index is -0.000000125. The predicted molar refractivity (Wildman–Crippen MR) is 110 cm³/mol. The van der Waals surface area contributed by atoms with Crippen LogP contribution < -0.4 is 59.1 Å². The van der Waals surface area contributed by atoms with Gasteiger partial charge in [-0.3, -0.25) is 0 Å². The van der Waals surface area contributed by atoms with Gasteiger partial charge in [0, 0.05) is 0 Å². The summed E-state index contributed by atoms with van der Waals surface area (Å²) in [6.45, 7) is 0. The van der Waals surface area contributed by atoms with Crippen molar-refractivity contribution in [3.05, 3.63) is 54.4 Å². The summed E-state index contributed by atoms with van der Waals surface area (Å²) in [6, 6.07) is 4.42. The smallest absolute Gasteiger partial charge is 0.744 e. The van der Waals surface area contributed by atoms with E-state index in [0.717, 1.165) is 12.1 Å². The molecule has 2 aromatic rings. The Kier molecular flexibility index (Phi) is 24.0. The van der Waals surface area contributed by atoms with E-state index in [2.05, 4.69) is 0 Å². The van der Waals surface area contributed by atoms with Crippen molar-refractivity contribution in [2.45, 2.75) is 9.79 Å². The van der Waals surface area contributed by atoms with Crippen molar-refractivity contribution in [1.82, 2.24) is 0 Å². The molecule has 0 radical (unpaired) electrons. The minimum Gasteiger partial charge on any atom is -0.744 e. The van der Waals surface area contributed by atoms with Crippen molar-refractivity contribution in [3.63, 3.8) is 0 Å². The van der Waals surface area contributed by atoms with E-state index in [4.69, 9.17) is 69.6 Å². The van der Waals surface area contributed by atoms with Crippen LogP contribution >= 0.6 is 69.6 Å². The van der Waals surface area contributed by atoms with Crippen LogP contribution in [-0.4, -0.2) is 42.4 Å². The fourth-order valence-electron chi connectivity index (χ4n) is 1.40. The number of hydrogen-bond acceptors (Lipinski definition) is 6. The van der Waals surface area contributed by atoms with E-state index >= 15 is 0 Å². The van der Waals surface area contributed by atoms with Crippen LogP contribution in [0.2, 0.25) is 30.1 Å². The Morgan fingerprint density at radius 3 is 0.935 bits per heavy atom. The first-order chi connectivity index (χ1) is 11.7. The number of rotatable bonds is 2. The molecule has 0 unspecified atom stereocenters. The second-order valence-corrected chi connectivity index (χ2v) is 9.28. The summed E-state index contributed by atoms with van der Waals surface area (Å²) in [6.07, 6.45) is 0. The summed E-state index contributed by atoms with van der Waals surface area (Å²) in [5.74, 6) is 0. The van der Waals surface area contributed by atoms with Gasteiger partial charge in [0.2, 0.25) is 0 Å². The first-order valence-corrected chi connectivity index (χ1v) is 10.9. The molecule has 0 aliphatic rings. The average molecular weight is 621 g/mol. The molecule has 2 aromatic carbocycles. The summed E-state index contributed by atoms with van der Waals surface area (Å²) in [7, 11) is -9.20. The monoisotopic (exact) mass is 618 g/mol. The van der Waals surface area contributed by atoms with Crippen molar-refractivity contribution in [3.8, 4) is 0 Å². The summed E-state index contributed by atoms with van der Waals surface area (Å²) in [4.78, 5) is -1.13. The Labute approximate surface area is 252 Å². The van der Waals surface area contributed by atoms with Crippen LogP contribution in [0.25, 0.3) is 0 Å². The maximum atomic E-state index is 10.6. The first kappa shape index (κ1) is 43.0. The summed E-state index contributed by atoms with van der Waals surface area (Å²) < 4.78 is 63.5. The van der Waals surface area contributed by atoms with Crippen molar-refractivity contribution in [2.24, 2.45) is 0 Å². The topological polar surface area (TPSA) is 209 Å². The minimum absolute atomic E-state index is 0. The van der Waals surface area contributed by atoms with Gasteiger partial charge in [-0.05, 0) is 24.3 Å². The molecule has 9 nitrogen and oxygen atoms in total. The predicted octanol–water partition coefficient (Wildman–Crippen LogP) is -3.36. The number of halogens is 6. The van der Waals surface area contributed by atoms with Crippen LogP contribution in [0.1, 0.15) is 0 Å². The molecular weight excluding hydrogens is 611 g/mol. The molecule has 6 N–H and O–H groups in total. The maximum absolute atomic E-state index is 10.6. The molecule has 0 atom stereocenters. The second-order valence-electron chi connectivity index (χ2n) is 4.26. The van der Waals surface area contributed by atoms with E-state index in [1.165, 1.54) is 12.1 Å². The van der Waals surface area contributed by atoms with Gasteiger partial charge in [0.15, 0.2) is 0 Å². The summed E-state index contributed by atoms with van der Waals surface area (Å²) in [5.41, 5.74) is 0. The molecule has 19 heteroatoms. The molecular formula is C12H10Cl6Na2O9S2. The fraction of sp³-hybridized carbons (Fsp3) is 0. The molecule has 2 rings (SSSR count). The van der Waals surface area contributed by atoms with Gasteiger partial charge < -0.3 is 25.5 Å². The molecule has 0 aliphatic heterocycles. The zero-order valence-electron chi connectivity index (χ0n) is 15.3. The van der Waals surface area contributed by atoms with Gasteiger partial charge in [-0.2, -0.15) is 0 Å². The third-order valence-corrected chi connectivity index (χ3v) is 7.11. The van der Waals surface area contributed by atoms with E-state index in [1.807, 2.05) is 0 Å². The molecule has 0 aliphatic carbocycles. The number of benzene rings is 2. The van der Waals surface area contributed by atoms with Crippen molar-refractivity contribution >= 4 is 89.8 Å². The zero-order chi connectivity index (χ0) is 20.4. The van der Waals surface area contributed by atoms with Gasteiger partial charge in [-0.25, -0.2) is 16.8 Å². The van der Waals surface area contributed by atoms with Crippen LogP contribution in [0.4, 0.5) is 0 Å². The van der Waals surface area contributed by atoms with E-state index in [-0.39, 0.29) is 106 Å². The van der Waals surface area contributed by atoms with Gasteiger partial charge in [-0.15, -0.1) is 0 Å². The summed E-state index contributed by atoms with van der Waals surface area (Å²) in [5, 5.41) is -0.771. The van der Waals surface area contributed by atoms with Crippen LogP contribution in [-0.2, 0) is 20.2 Å². The zero-order valence-corrected chi connectivity index (χ0v) is 25.5. The SMILES string of the molecule is O.O.O.O=S(=O)([O-])c1ccc(Cl)c(Cl)c1Cl.O=S(=O)([O-])c1ccc(Cl)c(Cl)c1Cl.[Na+].[Na+]. The van der Waals surface area contributed by atoms with Crippen molar-refractivity contribution in [2.75, 3.05) is 0 Å². The molecule has 0 saturated heterocycles.